The number of nitrogens with one attached hydrogen (secondary N) is 2. The molecule has 0 aliphatic carbocycles. The highest BCUT2D eigenvalue weighted by molar-refractivity contribution is 5.78. The van der Waals surface area contributed by atoms with Gasteiger partial charge in [-0.25, -0.2) is 0 Å². The van der Waals surface area contributed by atoms with Gasteiger partial charge in [0.1, 0.15) is 0 Å². The van der Waals surface area contributed by atoms with E-state index in [-0.39, 0.29) is 11.9 Å². The largest absolute Gasteiger partial charge is 0.353 e. The van der Waals surface area contributed by atoms with E-state index in [1.165, 1.54) is 12.8 Å². The topological polar surface area (TPSA) is 44.4 Å². The van der Waals surface area contributed by atoms with Crippen LogP contribution in [0.3, 0.4) is 0 Å². The lowest BCUT2D eigenvalue weighted by atomic mass is 10.1. The molecule has 0 bridgehead atoms. The van der Waals surface area contributed by atoms with Crippen LogP contribution in [0.15, 0.2) is 0 Å². The van der Waals surface area contributed by atoms with Crippen molar-refractivity contribution in [3.63, 3.8) is 0 Å². The van der Waals surface area contributed by atoms with Crippen LogP contribution in [0.1, 0.15) is 33.1 Å². The van der Waals surface area contributed by atoms with Crippen molar-refractivity contribution in [3.05, 3.63) is 0 Å². The summed E-state index contributed by atoms with van der Waals surface area (Å²) in [7, 11) is 2.04. The van der Waals surface area contributed by atoms with Crippen LogP contribution in [0.25, 0.3) is 0 Å². The van der Waals surface area contributed by atoms with Gasteiger partial charge >= 0.3 is 0 Å². The molecule has 1 aliphatic heterocycles. The van der Waals surface area contributed by atoms with E-state index in [1.54, 1.807) is 0 Å². The molecule has 0 spiro atoms. The van der Waals surface area contributed by atoms with E-state index >= 15 is 0 Å². The second-order valence-electron chi connectivity index (χ2n) is 4.79. The summed E-state index contributed by atoms with van der Waals surface area (Å²) in [6.45, 7) is 6.76. The molecular weight excluding hydrogens is 202 g/mol. The number of piperidine rings is 1. The Morgan fingerprint density at radius 1 is 1.62 bits per heavy atom. The Labute approximate surface area is 98.8 Å². The van der Waals surface area contributed by atoms with Crippen molar-refractivity contribution in [1.82, 2.24) is 15.5 Å². The van der Waals surface area contributed by atoms with Gasteiger partial charge in [-0.05, 0) is 39.8 Å². The zero-order valence-corrected chi connectivity index (χ0v) is 10.8. The van der Waals surface area contributed by atoms with Crippen LogP contribution < -0.4 is 10.6 Å². The summed E-state index contributed by atoms with van der Waals surface area (Å²) < 4.78 is 0. The van der Waals surface area contributed by atoms with E-state index in [0.29, 0.717) is 12.6 Å². The molecule has 1 fully saturated rings. The van der Waals surface area contributed by atoms with Gasteiger partial charge in [-0.3, -0.25) is 9.69 Å². The Morgan fingerprint density at radius 2 is 2.38 bits per heavy atom. The Hall–Kier alpha value is -0.610. The fraction of sp³-hybridized carbons (Fsp3) is 0.917. The predicted molar refractivity (Wildman–Crippen MR) is 66.4 cm³/mol. The minimum absolute atomic E-state index is 0.141. The number of carbonyl (C=O) groups excluding carboxylic acids is 1. The second kappa shape index (κ2) is 6.86. The molecule has 4 heteroatoms. The summed E-state index contributed by atoms with van der Waals surface area (Å²) in [5.41, 5.74) is 0. The number of likely N-dealkylation sites (N-methyl/N-ethyl adjacent to an activating group) is 1. The average molecular weight is 227 g/mol. The lowest BCUT2D eigenvalue weighted by molar-refractivity contribution is -0.123. The Kier molecular flexibility index (Phi) is 5.77. The van der Waals surface area contributed by atoms with Gasteiger partial charge in [0.15, 0.2) is 0 Å². The highest BCUT2D eigenvalue weighted by Gasteiger charge is 2.19. The van der Waals surface area contributed by atoms with Crippen molar-refractivity contribution >= 4 is 5.91 Å². The molecular formula is C12H25N3O. The van der Waals surface area contributed by atoms with Crippen molar-refractivity contribution in [1.29, 1.82) is 0 Å². The lowest BCUT2D eigenvalue weighted by Gasteiger charge is -2.31. The summed E-state index contributed by atoms with van der Waals surface area (Å²) in [5.74, 6) is 0.141. The number of nitrogens with zero attached hydrogens (tertiary/aromatic N) is 1. The van der Waals surface area contributed by atoms with Gasteiger partial charge in [0.25, 0.3) is 0 Å². The second-order valence-corrected chi connectivity index (χ2v) is 4.79. The maximum atomic E-state index is 11.7. The van der Waals surface area contributed by atoms with Gasteiger partial charge in [0.05, 0.1) is 6.54 Å². The van der Waals surface area contributed by atoms with Gasteiger partial charge in [-0.2, -0.15) is 0 Å². The van der Waals surface area contributed by atoms with E-state index in [4.69, 9.17) is 0 Å². The molecule has 2 unspecified atom stereocenters. The zero-order chi connectivity index (χ0) is 12.0. The highest BCUT2D eigenvalue weighted by atomic mass is 16.2. The Bertz CT molecular complexity index is 214. The van der Waals surface area contributed by atoms with Crippen molar-refractivity contribution in [2.45, 2.75) is 45.2 Å². The first kappa shape index (κ1) is 13.5. The maximum Gasteiger partial charge on any atom is 0.234 e. The normalized spacial score (nSPS) is 23.1. The molecule has 0 aromatic rings. The molecule has 0 aromatic carbocycles. The Morgan fingerprint density at radius 3 is 2.94 bits per heavy atom. The third kappa shape index (κ3) is 4.49. The summed E-state index contributed by atoms with van der Waals surface area (Å²) in [4.78, 5) is 13.8. The predicted octanol–water partition coefficient (Wildman–Crippen LogP) is 0.585. The SMILES string of the molecule is CCC(C)NC(=O)CN(C)C1CCCNC1. The standard InChI is InChI=1S/C12H25N3O/c1-4-10(2)14-12(16)9-15(3)11-6-5-7-13-8-11/h10-11,13H,4-9H2,1-3H3,(H,14,16). The van der Waals surface area contributed by atoms with E-state index < -0.39 is 0 Å². The molecule has 0 radical (unpaired) electrons. The molecule has 4 nitrogen and oxygen atoms in total. The molecule has 1 amide bonds. The molecule has 0 saturated carbocycles. The van der Waals surface area contributed by atoms with Gasteiger partial charge < -0.3 is 10.6 Å². The first-order valence-electron chi connectivity index (χ1n) is 6.33. The lowest BCUT2D eigenvalue weighted by Crippen LogP contribution is -2.48. The number of amides is 1. The minimum atomic E-state index is 0.141. The number of rotatable bonds is 5. The molecule has 1 aliphatic rings. The number of hydrogen-bond acceptors (Lipinski definition) is 3. The van der Waals surface area contributed by atoms with E-state index in [1.807, 2.05) is 14.0 Å². The molecule has 1 heterocycles. The van der Waals surface area contributed by atoms with Crippen LogP contribution in [0.2, 0.25) is 0 Å². The summed E-state index contributed by atoms with van der Waals surface area (Å²) in [6.07, 6.45) is 3.39. The molecule has 1 saturated heterocycles. The van der Waals surface area contributed by atoms with Crippen molar-refractivity contribution in [2.24, 2.45) is 0 Å². The molecule has 2 N–H and O–H groups in total. The van der Waals surface area contributed by atoms with Crippen LogP contribution >= 0.6 is 0 Å². The van der Waals surface area contributed by atoms with Crippen molar-refractivity contribution < 1.29 is 4.79 Å². The van der Waals surface area contributed by atoms with Crippen LogP contribution in [0.4, 0.5) is 0 Å². The van der Waals surface area contributed by atoms with Crippen LogP contribution in [-0.2, 0) is 4.79 Å². The smallest absolute Gasteiger partial charge is 0.234 e. The first-order chi connectivity index (χ1) is 7.63. The Balaban J connectivity index is 2.26. The van der Waals surface area contributed by atoms with E-state index in [2.05, 4.69) is 22.5 Å². The molecule has 0 aromatic heterocycles. The summed E-state index contributed by atoms with van der Waals surface area (Å²) >= 11 is 0. The quantitative estimate of drug-likeness (QED) is 0.722. The van der Waals surface area contributed by atoms with Gasteiger partial charge in [0.2, 0.25) is 5.91 Å². The van der Waals surface area contributed by atoms with Gasteiger partial charge in [-0.1, -0.05) is 6.92 Å². The van der Waals surface area contributed by atoms with Crippen molar-refractivity contribution in [2.75, 3.05) is 26.7 Å². The third-order valence-electron chi connectivity index (χ3n) is 3.31. The molecule has 94 valence electrons. The fourth-order valence-corrected chi connectivity index (χ4v) is 1.99. The summed E-state index contributed by atoms with van der Waals surface area (Å²) in [5, 5.41) is 6.37. The maximum absolute atomic E-state index is 11.7. The summed E-state index contributed by atoms with van der Waals surface area (Å²) in [6, 6.07) is 0.793. The van der Waals surface area contributed by atoms with Crippen LogP contribution in [0.5, 0.6) is 0 Å². The van der Waals surface area contributed by atoms with Crippen LogP contribution in [-0.4, -0.2) is 49.6 Å². The third-order valence-corrected chi connectivity index (χ3v) is 3.31. The van der Waals surface area contributed by atoms with Crippen molar-refractivity contribution in [3.8, 4) is 0 Å². The fourth-order valence-electron chi connectivity index (χ4n) is 1.99. The highest BCUT2D eigenvalue weighted by Crippen LogP contribution is 2.07. The first-order valence-corrected chi connectivity index (χ1v) is 6.33. The average Bonchev–Trinajstić information content (AvgIpc) is 2.29. The molecule has 1 rings (SSSR count). The van der Waals surface area contributed by atoms with Crippen LogP contribution in [0, 0.1) is 0 Å². The molecule has 16 heavy (non-hydrogen) atoms. The monoisotopic (exact) mass is 227 g/mol. The number of carbonyl (C=O) groups is 1. The van der Waals surface area contributed by atoms with Gasteiger partial charge in [0, 0.05) is 18.6 Å². The van der Waals surface area contributed by atoms with E-state index in [0.717, 1.165) is 19.5 Å². The zero-order valence-electron chi connectivity index (χ0n) is 10.8. The van der Waals surface area contributed by atoms with Gasteiger partial charge in [-0.15, -0.1) is 0 Å². The minimum Gasteiger partial charge on any atom is -0.353 e. The van der Waals surface area contributed by atoms with E-state index in [9.17, 15) is 4.79 Å². The number of hydrogen-bond donors (Lipinski definition) is 2. The molecule has 2 atom stereocenters.